The molecule has 0 saturated heterocycles. The van der Waals surface area contributed by atoms with Crippen LogP contribution in [0.4, 0.5) is 5.69 Å². The Labute approximate surface area is 152 Å². The third-order valence-electron chi connectivity index (χ3n) is 3.85. The molecule has 1 heterocycles. The Morgan fingerprint density at radius 2 is 1.73 bits per heavy atom. The van der Waals surface area contributed by atoms with Crippen molar-refractivity contribution in [2.45, 2.75) is 20.4 Å². The molecule has 0 aliphatic carbocycles. The molecule has 2 amide bonds. The van der Waals surface area contributed by atoms with E-state index in [2.05, 4.69) is 10.5 Å². The number of hydrogen-bond acceptors (Lipinski definition) is 4. The van der Waals surface area contributed by atoms with Crippen LogP contribution in [0.15, 0.2) is 77.5 Å². The van der Waals surface area contributed by atoms with Gasteiger partial charge < -0.3 is 0 Å². The summed E-state index contributed by atoms with van der Waals surface area (Å²) in [6, 6.07) is 19.0. The maximum atomic E-state index is 12.8. The van der Waals surface area contributed by atoms with Crippen LogP contribution in [0.5, 0.6) is 0 Å². The molecule has 2 aromatic carbocycles. The van der Waals surface area contributed by atoms with Crippen LogP contribution in [0.3, 0.4) is 0 Å². The first-order chi connectivity index (χ1) is 12.5. The maximum Gasteiger partial charge on any atom is 0.282 e. The van der Waals surface area contributed by atoms with Gasteiger partial charge in [0, 0.05) is 13.1 Å². The minimum absolute atomic E-state index is 0.210. The third kappa shape index (κ3) is 3.97. The molecule has 0 aromatic heterocycles. The summed E-state index contributed by atoms with van der Waals surface area (Å²) >= 11 is 0. The van der Waals surface area contributed by atoms with E-state index >= 15 is 0 Å². The lowest BCUT2D eigenvalue weighted by Gasteiger charge is -2.21. The van der Waals surface area contributed by atoms with Crippen molar-refractivity contribution in [3.8, 4) is 0 Å². The predicted octanol–water partition coefficient (Wildman–Crippen LogP) is 2.85. The number of nitrogens with one attached hydrogen (secondary N) is 1. The van der Waals surface area contributed by atoms with Crippen LogP contribution in [0.2, 0.25) is 0 Å². The first-order valence-electron chi connectivity index (χ1n) is 8.29. The molecule has 3 rings (SSSR count). The molecule has 0 saturated carbocycles. The number of para-hydroxylation sites is 1. The highest BCUT2D eigenvalue weighted by atomic mass is 16.2. The van der Waals surface area contributed by atoms with Gasteiger partial charge in [0.05, 0.1) is 23.5 Å². The second-order valence-electron chi connectivity index (χ2n) is 5.96. The van der Waals surface area contributed by atoms with Crippen molar-refractivity contribution in [1.82, 2.24) is 10.4 Å². The van der Waals surface area contributed by atoms with Crippen LogP contribution in [0, 0.1) is 0 Å². The van der Waals surface area contributed by atoms with Crippen molar-refractivity contribution < 1.29 is 9.59 Å². The van der Waals surface area contributed by atoms with Gasteiger partial charge in [0.15, 0.2) is 0 Å². The van der Waals surface area contributed by atoms with Gasteiger partial charge in [-0.15, -0.1) is 0 Å². The first-order valence-corrected chi connectivity index (χ1v) is 8.29. The SMILES string of the molecule is CC(=O)NN(/C=C1/C(=O)N(c2ccccc2)N=C1C)Cc1ccccc1. The fourth-order valence-corrected chi connectivity index (χ4v) is 2.67. The van der Waals surface area contributed by atoms with Crippen LogP contribution >= 0.6 is 0 Å². The molecular formula is C20H20N4O2. The van der Waals surface area contributed by atoms with Gasteiger partial charge in [0.25, 0.3) is 5.91 Å². The molecule has 0 unspecified atom stereocenters. The number of nitrogens with zero attached hydrogens (tertiary/aromatic N) is 3. The monoisotopic (exact) mass is 348 g/mol. The summed E-state index contributed by atoms with van der Waals surface area (Å²) in [7, 11) is 0. The van der Waals surface area contributed by atoms with Gasteiger partial charge in [-0.25, -0.2) is 0 Å². The van der Waals surface area contributed by atoms with Crippen molar-refractivity contribution in [2.24, 2.45) is 5.10 Å². The zero-order valence-corrected chi connectivity index (χ0v) is 14.7. The van der Waals surface area contributed by atoms with E-state index in [9.17, 15) is 9.59 Å². The number of hydrogen-bond donors (Lipinski definition) is 1. The van der Waals surface area contributed by atoms with Crippen LogP contribution in [0.25, 0.3) is 0 Å². The van der Waals surface area contributed by atoms with Crippen molar-refractivity contribution in [3.63, 3.8) is 0 Å². The second-order valence-corrected chi connectivity index (χ2v) is 5.96. The average Bonchev–Trinajstić information content (AvgIpc) is 2.91. The number of benzene rings is 2. The van der Waals surface area contributed by atoms with Crippen molar-refractivity contribution in [2.75, 3.05) is 5.01 Å². The molecule has 1 aliphatic heterocycles. The number of hydrazine groups is 1. The number of carbonyl (C=O) groups is 2. The van der Waals surface area contributed by atoms with E-state index in [4.69, 9.17) is 0 Å². The molecule has 0 radical (unpaired) electrons. The van der Waals surface area contributed by atoms with Crippen LogP contribution in [0.1, 0.15) is 19.4 Å². The van der Waals surface area contributed by atoms with E-state index in [1.807, 2.05) is 60.7 Å². The summed E-state index contributed by atoms with van der Waals surface area (Å²) in [5, 5.41) is 7.33. The third-order valence-corrected chi connectivity index (χ3v) is 3.85. The zero-order valence-electron chi connectivity index (χ0n) is 14.7. The molecule has 0 spiro atoms. The molecule has 0 atom stereocenters. The van der Waals surface area contributed by atoms with Crippen LogP contribution in [-0.2, 0) is 16.1 Å². The minimum atomic E-state index is -0.225. The Balaban J connectivity index is 1.86. The molecule has 132 valence electrons. The van der Waals surface area contributed by atoms with E-state index in [0.29, 0.717) is 23.5 Å². The van der Waals surface area contributed by atoms with Gasteiger partial charge in [0.1, 0.15) is 0 Å². The predicted molar refractivity (Wildman–Crippen MR) is 101 cm³/mol. The molecule has 1 aliphatic rings. The Hall–Kier alpha value is -3.41. The lowest BCUT2D eigenvalue weighted by Crippen LogP contribution is -2.37. The van der Waals surface area contributed by atoms with E-state index in [1.165, 1.54) is 11.9 Å². The van der Waals surface area contributed by atoms with Crippen molar-refractivity contribution in [1.29, 1.82) is 0 Å². The summed E-state index contributed by atoms with van der Waals surface area (Å²) in [4.78, 5) is 24.4. The smallest absolute Gasteiger partial charge is 0.282 e. The lowest BCUT2D eigenvalue weighted by atomic mass is 10.2. The van der Waals surface area contributed by atoms with E-state index in [1.54, 1.807) is 18.1 Å². The number of carbonyl (C=O) groups excluding carboxylic acids is 2. The first kappa shape index (κ1) is 17.4. The molecule has 26 heavy (non-hydrogen) atoms. The average molecular weight is 348 g/mol. The summed E-state index contributed by atoms with van der Waals surface area (Å²) in [5.41, 5.74) is 5.50. The van der Waals surface area contributed by atoms with Crippen LogP contribution in [-0.4, -0.2) is 22.5 Å². The highest BCUT2D eigenvalue weighted by molar-refractivity contribution is 6.29. The molecular weight excluding hydrogens is 328 g/mol. The summed E-state index contributed by atoms with van der Waals surface area (Å²) in [6.07, 6.45) is 1.64. The summed E-state index contributed by atoms with van der Waals surface area (Å²) < 4.78 is 0. The van der Waals surface area contributed by atoms with Gasteiger partial charge in [-0.1, -0.05) is 48.5 Å². The fourth-order valence-electron chi connectivity index (χ4n) is 2.67. The molecule has 2 aromatic rings. The Bertz CT molecular complexity index is 860. The summed E-state index contributed by atoms with van der Waals surface area (Å²) in [6.45, 7) is 3.65. The van der Waals surface area contributed by atoms with Crippen molar-refractivity contribution >= 4 is 23.2 Å². The number of amides is 2. The number of rotatable bonds is 5. The van der Waals surface area contributed by atoms with Gasteiger partial charge in [0.2, 0.25) is 5.91 Å². The number of anilines is 1. The largest absolute Gasteiger partial charge is 0.288 e. The highest BCUT2D eigenvalue weighted by Gasteiger charge is 2.29. The van der Waals surface area contributed by atoms with E-state index < -0.39 is 0 Å². The van der Waals surface area contributed by atoms with Crippen molar-refractivity contribution in [3.05, 3.63) is 78.0 Å². The number of hydrazone groups is 1. The zero-order chi connectivity index (χ0) is 18.5. The Morgan fingerprint density at radius 1 is 1.12 bits per heavy atom. The Morgan fingerprint density at radius 3 is 2.35 bits per heavy atom. The summed E-state index contributed by atoms with van der Waals surface area (Å²) in [5.74, 6) is -0.435. The second kappa shape index (κ2) is 7.65. The molecule has 6 nitrogen and oxygen atoms in total. The fraction of sp³-hybridized carbons (Fsp3) is 0.150. The molecule has 0 bridgehead atoms. The molecule has 6 heteroatoms. The minimum Gasteiger partial charge on any atom is -0.288 e. The molecule has 1 N–H and O–H groups in total. The lowest BCUT2D eigenvalue weighted by molar-refractivity contribution is -0.123. The molecule has 0 fully saturated rings. The van der Waals surface area contributed by atoms with Gasteiger partial charge in [-0.2, -0.15) is 10.1 Å². The highest BCUT2D eigenvalue weighted by Crippen LogP contribution is 2.23. The van der Waals surface area contributed by atoms with Gasteiger partial charge >= 0.3 is 0 Å². The van der Waals surface area contributed by atoms with Gasteiger partial charge in [-0.3, -0.25) is 20.0 Å². The van der Waals surface area contributed by atoms with Crippen LogP contribution < -0.4 is 10.4 Å². The Kier molecular flexibility index (Phi) is 5.12. The topological polar surface area (TPSA) is 65.0 Å². The van der Waals surface area contributed by atoms with E-state index in [0.717, 1.165) is 5.56 Å². The van der Waals surface area contributed by atoms with Gasteiger partial charge in [-0.05, 0) is 24.6 Å². The quantitative estimate of drug-likeness (QED) is 0.667. The normalized spacial score (nSPS) is 15.2. The standard InChI is InChI=1S/C20H20N4O2/c1-15-19(20(26)24(21-15)18-11-7-4-8-12-18)14-23(22-16(2)25)13-17-9-5-3-6-10-17/h3-12,14H,13H2,1-2H3,(H,22,25)/b19-14+. The van der Waals surface area contributed by atoms with E-state index in [-0.39, 0.29) is 11.8 Å². The maximum absolute atomic E-state index is 12.8.